The summed E-state index contributed by atoms with van der Waals surface area (Å²) in [5.74, 6) is 0.313. The van der Waals surface area contributed by atoms with Gasteiger partial charge in [0.05, 0.1) is 18.5 Å². The molecule has 0 radical (unpaired) electrons. The predicted octanol–water partition coefficient (Wildman–Crippen LogP) is 3.90. The van der Waals surface area contributed by atoms with Crippen LogP contribution in [-0.4, -0.2) is 42.9 Å². The number of pyridine rings is 1. The minimum absolute atomic E-state index is 0.0561. The number of benzene rings is 1. The molecule has 0 saturated heterocycles. The first-order chi connectivity index (χ1) is 14.6. The van der Waals surface area contributed by atoms with E-state index in [-0.39, 0.29) is 22.8 Å². The molecule has 0 saturated carbocycles. The molecule has 0 spiro atoms. The predicted molar refractivity (Wildman–Crippen MR) is 117 cm³/mol. The number of hydrogen-bond acceptors (Lipinski definition) is 6. The second-order valence-electron chi connectivity index (χ2n) is 6.96. The number of carboxylic acid groups (broad SMARTS) is 1. The minimum atomic E-state index is -3.55. The maximum atomic E-state index is 11.8. The van der Waals surface area contributed by atoms with Crippen molar-refractivity contribution in [2.24, 2.45) is 0 Å². The van der Waals surface area contributed by atoms with E-state index >= 15 is 0 Å². The van der Waals surface area contributed by atoms with Gasteiger partial charge in [-0.1, -0.05) is 48.9 Å². The van der Waals surface area contributed by atoms with Crippen LogP contribution in [0.5, 0.6) is 0 Å². The zero-order chi connectivity index (χ0) is 22.8. The Labute approximate surface area is 184 Å². The normalized spacial score (nSPS) is 13.4. The van der Waals surface area contributed by atoms with Gasteiger partial charge in [-0.15, -0.1) is 0 Å². The number of oxazole rings is 1. The lowest BCUT2D eigenvalue weighted by molar-refractivity contribution is 0.185. The van der Waals surface area contributed by atoms with Crippen molar-refractivity contribution in [1.29, 1.82) is 0 Å². The molecule has 9 nitrogen and oxygen atoms in total. The molecule has 164 valence electrons. The summed E-state index contributed by atoms with van der Waals surface area (Å²) in [6, 6.07) is 11.7. The van der Waals surface area contributed by atoms with Crippen LogP contribution in [0.15, 0.2) is 53.1 Å². The van der Waals surface area contributed by atoms with Crippen LogP contribution in [0.25, 0.3) is 11.5 Å². The first-order valence-electron chi connectivity index (χ1n) is 9.18. The summed E-state index contributed by atoms with van der Waals surface area (Å²) in [5, 5.41) is 11.8. The van der Waals surface area contributed by atoms with Crippen molar-refractivity contribution in [3.8, 4) is 11.5 Å². The van der Waals surface area contributed by atoms with Crippen molar-refractivity contribution in [3.63, 3.8) is 0 Å². The van der Waals surface area contributed by atoms with Crippen LogP contribution in [-0.2, 0) is 10.0 Å². The molecular formula is C20H21ClN4O5S. The van der Waals surface area contributed by atoms with Gasteiger partial charge >= 0.3 is 6.09 Å². The minimum Gasteiger partial charge on any atom is -0.465 e. The number of aromatic nitrogens is 2. The number of nitrogens with zero attached hydrogens (tertiary/aromatic N) is 3. The number of amides is 1. The third kappa shape index (κ3) is 5.33. The van der Waals surface area contributed by atoms with E-state index in [4.69, 9.17) is 16.0 Å². The summed E-state index contributed by atoms with van der Waals surface area (Å²) < 4.78 is 30.5. The van der Waals surface area contributed by atoms with Gasteiger partial charge in [0.25, 0.3) is 0 Å². The lowest BCUT2D eigenvalue weighted by Crippen LogP contribution is -2.30. The van der Waals surface area contributed by atoms with E-state index in [1.807, 2.05) is 37.3 Å². The molecule has 2 aromatic heterocycles. The van der Waals surface area contributed by atoms with Crippen LogP contribution in [0, 0.1) is 0 Å². The van der Waals surface area contributed by atoms with Crippen LogP contribution >= 0.6 is 11.6 Å². The monoisotopic (exact) mass is 464 g/mol. The molecule has 0 fully saturated rings. The molecule has 1 aromatic carbocycles. The standard InChI is InChI=1S/C20H21ClN4O5S/c1-12(13-7-5-4-6-8-13)18(24-20(26)27)15-11-22-19(30-15)14-9-16(21)23-17(10-14)25(2)31(3,28)29/h4-12,18,24H,1-3H3,(H,26,27)/t12?,18-/m1/s1. The Morgan fingerprint density at radius 1 is 1.26 bits per heavy atom. The summed E-state index contributed by atoms with van der Waals surface area (Å²) in [6.45, 7) is 1.88. The Morgan fingerprint density at radius 3 is 2.55 bits per heavy atom. The van der Waals surface area contributed by atoms with Crippen LogP contribution in [0.3, 0.4) is 0 Å². The zero-order valence-electron chi connectivity index (χ0n) is 17.0. The van der Waals surface area contributed by atoms with E-state index in [2.05, 4.69) is 15.3 Å². The van der Waals surface area contributed by atoms with E-state index in [0.717, 1.165) is 16.1 Å². The number of anilines is 1. The van der Waals surface area contributed by atoms with E-state index in [9.17, 15) is 18.3 Å². The molecule has 0 aliphatic rings. The maximum absolute atomic E-state index is 11.8. The Hall–Kier alpha value is -3.11. The van der Waals surface area contributed by atoms with Gasteiger partial charge in [0.2, 0.25) is 15.9 Å². The summed E-state index contributed by atoms with van der Waals surface area (Å²) in [6.07, 6.45) is 1.28. The summed E-state index contributed by atoms with van der Waals surface area (Å²) >= 11 is 6.07. The van der Waals surface area contributed by atoms with Crippen LogP contribution in [0.2, 0.25) is 5.15 Å². The quantitative estimate of drug-likeness (QED) is 0.508. The van der Waals surface area contributed by atoms with Gasteiger partial charge in [-0.05, 0) is 17.7 Å². The van der Waals surface area contributed by atoms with Gasteiger partial charge in [0.1, 0.15) is 16.7 Å². The first kappa shape index (κ1) is 22.6. The number of nitrogens with one attached hydrogen (secondary N) is 1. The summed E-state index contributed by atoms with van der Waals surface area (Å²) in [5.41, 5.74) is 1.32. The van der Waals surface area contributed by atoms with Gasteiger partial charge < -0.3 is 14.8 Å². The van der Waals surface area contributed by atoms with Crippen LogP contribution in [0.1, 0.15) is 30.2 Å². The number of hydrogen-bond donors (Lipinski definition) is 2. The van der Waals surface area contributed by atoms with Gasteiger partial charge in [0, 0.05) is 18.5 Å². The van der Waals surface area contributed by atoms with Gasteiger partial charge in [-0.3, -0.25) is 4.31 Å². The van der Waals surface area contributed by atoms with Crippen molar-refractivity contribution in [3.05, 3.63) is 65.1 Å². The van der Waals surface area contributed by atoms with Crippen molar-refractivity contribution in [2.45, 2.75) is 18.9 Å². The number of rotatable bonds is 7. The molecule has 2 atom stereocenters. The van der Waals surface area contributed by atoms with E-state index in [0.29, 0.717) is 11.3 Å². The molecule has 0 aliphatic carbocycles. The van der Waals surface area contributed by atoms with Crippen molar-refractivity contribution in [1.82, 2.24) is 15.3 Å². The molecule has 11 heteroatoms. The lowest BCUT2D eigenvalue weighted by atomic mass is 9.92. The Bertz CT molecular complexity index is 1180. The first-order valence-corrected chi connectivity index (χ1v) is 11.4. The molecule has 1 amide bonds. The highest BCUT2D eigenvalue weighted by atomic mass is 35.5. The second kappa shape index (κ2) is 8.94. The zero-order valence-corrected chi connectivity index (χ0v) is 18.6. The molecule has 3 aromatic rings. The molecule has 31 heavy (non-hydrogen) atoms. The smallest absolute Gasteiger partial charge is 0.405 e. The average molecular weight is 465 g/mol. The van der Waals surface area contributed by atoms with Gasteiger partial charge in [0.15, 0.2) is 0 Å². The molecule has 0 bridgehead atoms. The Morgan fingerprint density at radius 2 is 1.94 bits per heavy atom. The largest absolute Gasteiger partial charge is 0.465 e. The SMILES string of the molecule is CC(c1ccccc1)[C@@H](NC(=O)O)c1cnc(-c2cc(Cl)nc(N(C)S(C)(=O)=O)c2)o1. The number of carbonyl (C=O) groups is 1. The van der Waals surface area contributed by atoms with Crippen molar-refractivity contribution >= 4 is 33.5 Å². The topological polar surface area (TPSA) is 126 Å². The molecule has 3 rings (SSSR count). The molecule has 0 aliphatic heterocycles. The third-order valence-corrected chi connectivity index (χ3v) is 6.16. The molecule has 2 heterocycles. The van der Waals surface area contributed by atoms with E-state index in [1.54, 1.807) is 0 Å². The fourth-order valence-corrected chi connectivity index (χ4v) is 3.66. The van der Waals surface area contributed by atoms with E-state index < -0.39 is 22.2 Å². The highest BCUT2D eigenvalue weighted by Gasteiger charge is 2.27. The van der Waals surface area contributed by atoms with Gasteiger partial charge in [-0.25, -0.2) is 23.2 Å². The van der Waals surface area contributed by atoms with Crippen molar-refractivity contribution in [2.75, 3.05) is 17.6 Å². The third-order valence-electron chi connectivity index (χ3n) is 4.78. The lowest BCUT2D eigenvalue weighted by Gasteiger charge is -2.22. The second-order valence-corrected chi connectivity index (χ2v) is 9.36. The van der Waals surface area contributed by atoms with Crippen LogP contribution in [0.4, 0.5) is 10.6 Å². The highest BCUT2D eigenvalue weighted by molar-refractivity contribution is 7.92. The number of sulfonamides is 1. The Kier molecular flexibility index (Phi) is 6.51. The van der Waals surface area contributed by atoms with Crippen LogP contribution < -0.4 is 9.62 Å². The maximum Gasteiger partial charge on any atom is 0.405 e. The molecule has 2 N–H and O–H groups in total. The molecule has 1 unspecified atom stereocenters. The summed E-state index contributed by atoms with van der Waals surface area (Å²) in [7, 11) is -2.19. The fraction of sp³-hybridized carbons (Fsp3) is 0.250. The average Bonchev–Trinajstić information content (AvgIpc) is 3.20. The Balaban J connectivity index is 1.98. The van der Waals surface area contributed by atoms with E-state index in [1.165, 1.54) is 25.4 Å². The molecular weight excluding hydrogens is 444 g/mol. The fourth-order valence-electron chi connectivity index (χ4n) is 3.03. The van der Waals surface area contributed by atoms with Gasteiger partial charge in [-0.2, -0.15) is 0 Å². The highest BCUT2D eigenvalue weighted by Crippen LogP contribution is 2.34. The summed E-state index contributed by atoms with van der Waals surface area (Å²) in [4.78, 5) is 19.7. The van der Waals surface area contributed by atoms with Crippen molar-refractivity contribution < 1.29 is 22.7 Å². The number of halogens is 1.